The second-order valence-corrected chi connectivity index (χ2v) is 5.81. The van der Waals surface area contributed by atoms with Crippen LogP contribution in [0, 0.1) is 6.92 Å². The second-order valence-electron chi connectivity index (χ2n) is 5.81. The summed E-state index contributed by atoms with van der Waals surface area (Å²) >= 11 is 0. The van der Waals surface area contributed by atoms with E-state index in [4.69, 9.17) is 10.5 Å². The molecule has 2 rings (SSSR count). The van der Waals surface area contributed by atoms with Crippen molar-refractivity contribution in [2.75, 3.05) is 19.7 Å². The predicted octanol–water partition coefficient (Wildman–Crippen LogP) is 2.28. The van der Waals surface area contributed by atoms with Crippen molar-refractivity contribution in [3.8, 4) is 5.75 Å². The minimum Gasteiger partial charge on any atom is -0.483 e. The number of para-hydroxylation sites is 1. The van der Waals surface area contributed by atoms with Crippen LogP contribution < -0.4 is 10.5 Å². The zero-order valence-corrected chi connectivity index (χ0v) is 13.1. The van der Waals surface area contributed by atoms with Gasteiger partial charge in [-0.05, 0) is 43.7 Å². The first-order valence-electron chi connectivity index (χ1n) is 7.86. The number of nitrogens with zero attached hydrogens (tertiary/aromatic N) is 1. The van der Waals surface area contributed by atoms with Crippen molar-refractivity contribution in [2.45, 2.75) is 45.6 Å². The summed E-state index contributed by atoms with van der Waals surface area (Å²) < 4.78 is 5.84. The molecule has 1 aromatic carbocycles. The first-order chi connectivity index (χ1) is 10.1. The van der Waals surface area contributed by atoms with E-state index in [1.54, 1.807) is 0 Å². The molecule has 4 nitrogen and oxygen atoms in total. The molecule has 4 heteroatoms. The van der Waals surface area contributed by atoms with Gasteiger partial charge in [0, 0.05) is 19.1 Å². The number of aryl methyl sites for hydroxylation is 1. The average Bonchev–Trinajstić information content (AvgIpc) is 3.00. The molecule has 1 saturated heterocycles. The van der Waals surface area contributed by atoms with Crippen molar-refractivity contribution in [3.05, 3.63) is 29.3 Å². The molecule has 1 amide bonds. The number of likely N-dealkylation sites (tertiary alicyclic amines) is 1. The zero-order valence-electron chi connectivity index (χ0n) is 13.1. The molecule has 1 unspecified atom stereocenters. The van der Waals surface area contributed by atoms with Crippen LogP contribution in [0.4, 0.5) is 0 Å². The summed E-state index contributed by atoms with van der Waals surface area (Å²) in [7, 11) is 0. The number of nitrogens with two attached hydrogens (primary N) is 1. The van der Waals surface area contributed by atoms with Crippen LogP contribution >= 0.6 is 0 Å². The van der Waals surface area contributed by atoms with Gasteiger partial charge in [0.1, 0.15) is 5.75 Å². The molecule has 1 heterocycles. The Labute approximate surface area is 127 Å². The maximum atomic E-state index is 12.1. The maximum Gasteiger partial charge on any atom is 0.260 e. The first kappa shape index (κ1) is 15.8. The number of hydrogen-bond donors (Lipinski definition) is 1. The lowest BCUT2D eigenvalue weighted by Crippen LogP contribution is -2.32. The van der Waals surface area contributed by atoms with Crippen molar-refractivity contribution in [1.29, 1.82) is 0 Å². The fourth-order valence-electron chi connectivity index (χ4n) is 2.70. The van der Waals surface area contributed by atoms with Gasteiger partial charge < -0.3 is 15.4 Å². The SMILES string of the molecule is CCC(N)Cc1cccc(C)c1OCC(=O)N1CCCC1. The van der Waals surface area contributed by atoms with Crippen molar-refractivity contribution >= 4 is 5.91 Å². The quantitative estimate of drug-likeness (QED) is 0.874. The summed E-state index contributed by atoms with van der Waals surface area (Å²) in [4.78, 5) is 14.0. The molecule has 1 aromatic rings. The molecule has 0 aliphatic carbocycles. The topological polar surface area (TPSA) is 55.6 Å². The van der Waals surface area contributed by atoms with Gasteiger partial charge in [0.15, 0.2) is 6.61 Å². The molecule has 1 aliphatic rings. The number of carbonyl (C=O) groups is 1. The number of carbonyl (C=O) groups excluding carboxylic acids is 1. The monoisotopic (exact) mass is 290 g/mol. The van der Waals surface area contributed by atoms with Gasteiger partial charge in [0.2, 0.25) is 0 Å². The van der Waals surface area contributed by atoms with Gasteiger partial charge in [-0.3, -0.25) is 4.79 Å². The highest BCUT2D eigenvalue weighted by molar-refractivity contribution is 5.78. The molecule has 1 atom stereocenters. The molecule has 21 heavy (non-hydrogen) atoms. The summed E-state index contributed by atoms with van der Waals surface area (Å²) in [6.45, 7) is 5.95. The molecule has 0 radical (unpaired) electrons. The Balaban J connectivity index is 2.02. The van der Waals surface area contributed by atoms with Gasteiger partial charge in [-0.25, -0.2) is 0 Å². The molecular formula is C17H26N2O2. The number of benzene rings is 1. The summed E-state index contributed by atoms with van der Waals surface area (Å²) in [5.41, 5.74) is 8.20. The molecule has 1 aliphatic heterocycles. The van der Waals surface area contributed by atoms with Crippen LogP contribution in [0.15, 0.2) is 18.2 Å². The average molecular weight is 290 g/mol. The Bertz CT molecular complexity index is 482. The number of hydrogen-bond acceptors (Lipinski definition) is 3. The largest absolute Gasteiger partial charge is 0.483 e. The number of amides is 1. The van der Waals surface area contributed by atoms with E-state index < -0.39 is 0 Å². The second kappa shape index (κ2) is 7.46. The molecule has 1 fully saturated rings. The van der Waals surface area contributed by atoms with E-state index in [-0.39, 0.29) is 18.6 Å². The van der Waals surface area contributed by atoms with Crippen LogP contribution in [0.1, 0.15) is 37.3 Å². The third-order valence-electron chi connectivity index (χ3n) is 4.10. The van der Waals surface area contributed by atoms with Gasteiger partial charge in [-0.1, -0.05) is 25.1 Å². The Morgan fingerprint density at radius 2 is 2.10 bits per heavy atom. The first-order valence-corrected chi connectivity index (χ1v) is 7.86. The predicted molar refractivity (Wildman–Crippen MR) is 84.5 cm³/mol. The lowest BCUT2D eigenvalue weighted by molar-refractivity contribution is -0.132. The molecule has 0 spiro atoms. The standard InChI is InChI=1S/C17H26N2O2/c1-3-15(18)11-14-8-6-7-13(2)17(14)21-12-16(20)19-9-4-5-10-19/h6-8,15H,3-5,9-12,18H2,1-2H3. The fraction of sp³-hybridized carbons (Fsp3) is 0.588. The van der Waals surface area contributed by atoms with Crippen LogP contribution in [-0.2, 0) is 11.2 Å². The summed E-state index contributed by atoms with van der Waals surface area (Å²) in [5.74, 6) is 0.912. The Morgan fingerprint density at radius 1 is 1.38 bits per heavy atom. The van der Waals surface area contributed by atoms with Crippen molar-refractivity contribution < 1.29 is 9.53 Å². The normalized spacial score (nSPS) is 16.0. The minimum absolute atomic E-state index is 0.0847. The van der Waals surface area contributed by atoms with E-state index in [1.807, 2.05) is 30.0 Å². The highest BCUT2D eigenvalue weighted by Gasteiger charge is 2.19. The third-order valence-corrected chi connectivity index (χ3v) is 4.10. The van der Waals surface area contributed by atoms with Crippen LogP contribution in [0.3, 0.4) is 0 Å². The number of ether oxygens (including phenoxy) is 1. The molecule has 2 N–H and O–H groups in total. The van der Waals surface area contributed by atoms with E-state index in [0.29, 0.717) is 0 Å². The Hall–Kier alpha value is -1.55. The highest BCUT2D eigenvalue weighted by atomic mass is 16.5. The van der Waals surface area contributed by atoms with Crippen molar-refractivity contribution in [3.63, 3.8) is 0 Å². The van der Waals surface area contributed by atoms with E-state index in [2.05, 4.69) is 6.92 Å². The van der Waals surface area contributed by atoms with Crippen LogP contribution in [0.5, 0.6) is 5.75 Å². The van der Waals surface area contributed by atoms with E-state index >= 15 is 0 Å². The van der Waals surface area contributed by atoms with Gasteiger partial charge in [-0.15, -0.1) is 0 Å². The third kappa shape index (κ3) is 4.21. The van der Waals surface area contributed by atoms with Crippen molar-refractivity contribution in [1.82, 2.24) is 4.90 Å². The van der Waals surface area contributed by atoms with Gasteiger partial charge in [0.25, 0.3) is 5.91 Å². The summed E-state index contributed by atoms with van der Waals surface area (Å²) in [5, 5.41) is 0. The van der Waals surface area contributed by atoms with E-state index in [0.717, 1.165) is 55.6 Å². The Morgan fingerprint density at radius 3 is 2.76 bits per heavy atom. The van der Waals surface area contributed by atoms with Gasteiger partial charge >= 0.3 is 0 Å². The maximum absolute atomic E-state index is 12.1. The summed E-state index contributed by atoms with van der Waals surface area (Å²) in [6, 6.07) is 6.19. The molecule has 0 bridgehead atoms. The summed E-state index contributed by atoms with van der Waals surface area (Å²) in [6.07, 6.45) is 3.92. The lowest BCUT2D eigenvalue weighted by atomic mass is 10.0. The van der Waals surface area contributed by atoms with E-state index in [9.17, 15) is 4.79 Å². The van der Waals surface area contributed by atoms with Crippen molar-refractivity contribution in [2.24, 2.45) is 5.73 Å². The highest BCUT2D eigenvalue weighted by Crippen LogP contribution is 2.25. The lowest BCUT2D eigenvalue weighted by Gasteiger charge is -2.19. The smallest absolute Gasteiger partial charge is 0.260 e. The molecular weight excluding hydrogens is 264 g/mol. The molecule has 116 valence electrons. The fourth-order valence-corrected chi connectivity index (χ4v) is 2.70. The van der Waals surface area contributed by atoms with Gasteiger partial charge in [0.05, 0.1) is 0 Å². The zero-order chi connectivity index (χ0) is 15.2. The van der Waals surface area contributed by atoms with Crippen LogP contribution in [0.25, 0.3) is 0 Å². The Kier molecular flexibility index (Phi) is 5.62. The van der Waals surface area contributed by atoms with Crippen LogP contribution in [-0.4, -0.2) is 36.5 Å². The minimum atomic E-state index is 0.0847. The number of rotatable bonds is 6. The van der Waals surface area contributed by atoms with Crippen LogP contribution in [0.2, 0.25) is 0 Å². The van der Waals surface area contributed by atoms with Gasteiger partial charge in [-0.2, -0.15) is 0 Å². The molecule has 0 aromatic heterocycles. The van der Waals surface area contributed by atoms with E-state index in [1.165, 1.54) is 0 Å². The molecule has 0 saturated carbocycles.